The zero-order valence-electron chi connectivity index (χ0n) is 13.0. The monoisotopic (exact) mass is 310 g/mol. The van der Waals surface area contributed by atoms with Crippen molar-refractivity contribution in [2.45, 2.75) is 6.61 Å². The van der Waals surface area contributed by atoms with E-state index in [1.54, 1.807) is 12.1 Å². The number of anilines is 1. The number of methoxy groups -OCH3 is 2. The number of rotatable bonds is 5. The van der Waals surface area contributed by atoms with Gasteiger partial charge in [-0.1, -0.05) is 30.3 Å². The molecule has 0 saturated carbocycles. The van der Waals surface area contributed by atoms with Crippen molar-refractivity contribution in [3.63, 3.8) is 0 Å². The maximum Gasteiger partial charge on any atom is 0.346 e. The van der Waals surface area contributed by atoms with Gasteiger partial charge in [0, 0.05) is 47.4 Å². The van der Waals surface area contributed by atoms with Crippen molar-refractivity contribution < 1.29 is 19.0 Å². The number of carbonyl (C=O) groups is 1. The summed E-state index contributed by atoms with van der Waals surface area (Å²) in [6.07, 6.45) is 0. The molecular weight excluding hydrogens is 293 g/mol. The van der Waals surface area contributed by atoms with Gasteiger partial charge < -0.3 is 19.9 Å². The first-order valence-electron chi connectivity index (χ1n) is 6.38. The first-order chi connectivity index (χ1) is 10.2. The number of carbonyl (C=O) groups excluding carboxylic acids is 1. The molecule has 0 aliphatic heterocycles. The van der Waals surface area contributed by atoms with Gasteiger partial charge in [0.05, 0.1) is 14.2 Å². The van der Waals surface area contributed by atoms with E-state index in [4.69, 9.17) is 19.9 Å². The number of esters is 1. The topological polar surface area (TPSA) is 70.8 Å². The zero-order valence-corrected chi connectivity index (χ0v) is 15.0. The summed E-state index contributed by atoms with van der Waals surface area (Å²) < 4.78 is 15.7. The summed E-state index contributed by atoms with van der Waals surface area (Å²) in [6, 6.07) is 12.5. The third-order valence-electron chi connectivity index (χ3n) is 2.95. The van der Waals surface area contributed by atoms with Crippen LogP contribution in [0.2, 0.25) is 0 Å². The van der Waals surface area contributed by atoms with Crippen LogP contribution in [0.15, 0.2) is 42.5 Å². The maximum atomic E-state index is 12.3. The van der Waals surface area contributed by atoms with Crippen LogP contribution >= 0.6 is 0 Å². The third kappa shape index (κ3) is 4.40. The average Bonchev–Trinajstić information content (AvgIpc) is 2.52. The molecule has 0 heterocycles. The summed E-state index contributed by atoms with van der Waals surface area (Å²) in [5, 5.41) is 0. The first kappa shape index (κ1) is 18.4. The Hall–Kier alpha value is -1.69. The molecule has 0 spiro atoms. The molecule has 0 aromatic heterocycles. The number of nitrogen functional groups attached to an aromatic ring is 1. The molecule has 2 rings (SSSR count). The standard InChI is InChI=1S/C16H17NO4.Na/c1-19-13-8-12(17)9-14(20-2)15(13)16(18)21-10-11-6-4-3-5-7-11;/h3-9H,10,17H2,1-2H3;. The molecule has 0 aliphatic rings. The van der Waals surface area contributed by atoms with Gasteiger partial charge in [0.15, 0.2) is 0 Å². The molecule has 0 bridgehead atoms. The fourth-order valence-corrected chi connectivity index (χ4v) is 1.93. The SMILES string of the molecule is COc1cc(N)cc(OC)c1C(=O)OCc1ccccc1.[Na]. The van der Waals surface area contributed by atoms with E-state index in [0.717, 1.165) is 5.56 Å². The molecule has 1 radical (unpaired) electrons. The van der Waals surface area contributed by atoms with Crippen LogP contribution in [0.5, 0.6) is 11.5 Å². The van der Waals surface area contributed by atoms with Crippen molar-refractivity contribution in [3.8, 4) is 11.5 Å². The van der Waals surface area contributed by atoms with E-state index >= 15 is 0 Å². The van der Waals surface area contributed by atoms with E-state index < -0.39 is 5.97 Å². The summed E-state index contributed by atoms with van der Waals surface area (Å²) in [4.78, 5) is 12.3. The minimum Gasteiger partial charge on any atom is -0.496 e. The van der Waals surface area contributed by atoms with E-state index in [2.05, 4.69) is 0 Å². The van der Waals surface area contributed by atoms with Gasteiger partial charge in [-0.2, -0.15) is 0 Å². The van der Waals surface area contributed by atoms with Gasteiger partial charge in [-0.25, -0.2) is 4.79 Å². The molecule has 22 heavy (non-hydrogen) atoms. The van der Waals surface area contributed by atoms with Crippen LogP contribution in [0.3, 0.4) is 0 Å². The first-order valence-corrected chi connectivity index (χ1v) is 6.38. The molecule has 0 atom stereocenters. The van der Waals surface area contributed by atoms with Crippen LogP contribution in [0, 0.1) is 0 Å². The van der Waals surface area contributed by atoms with Gasteiger partial charge in [-0.3, -0.25) is 0 Å². The van der Waals surface area contributed by atoms with Crippen LogP contribution in [0.25, 0.3) is 0 Å². The summed E-state index contributed by atoms with van der Waals surface area (Å²) in [7, 11) is 2.92. The van der Waals surface area contributed by atoms with Crippen molar-refractivity contribution >= 4 is 41.2 Å². The smallest absolute Gasteiger partial charge is 0.346 e. The van der Waals surface area contributed by atoms with E-state index in [1.165, 1.54) is 14.2 Å². The van der Waals surface area contributed by atoms with Crippen molar-refractivity contribution in [3.05, 3.63) is 53.6 Å². The summed E-state index contributed by atoms with van der Waals surface area (Å²) in [6.45, 7) is 0.177. The minimum atomic E-state index is -0.521. The molecule has 6 heteroatoms. The molecule has 0 saturated heterocycles. The van der Waals surface area contributed by atoms with Crippen molar-refractivity contribution in [2.24, 2.45) is 0 Å². The Morgan fingerprint density at radius 3 is 2.09 bits per heavy atom. The van der Waals surface area contributed by atoms with Crippen LogP contribution in [0.1, 0.15) is 15.9 Å². The van der Waals surface area contributed by atoms with Gasteiger partial charge in [-0.15, -0.1) is 0 Å². The zero-order chi connectivity index (χ0) is 15.2. The number of benzene rings is 2. The second-order valence-electron chi connectivity index (χ2n) is 4.36. The van der Waals surface area contributed by atoms with Crippen molar-refractivity contribution in [1.82, 2.24) is 0 Å². The Morgan fingerprint density at radius 2 is 1.59 bits per heavy atom. The fourth-order valence-electron chi connectivity index (χ4n) is 1.93. The van der Waals surface area contributed by atoms with Crippen molar-refractivity contribution in [2.75, 3.05) is 20.0 Å². The molecular formula is C16H17NNaO4. The Bertz CT molecular complexity index is 606. The molecule has 0 aliphatic carbocycles. The number of nitrogens with two attached hydrogens (primary N) is 1. The van der Waals surface area contributed by atoms with Crippen LogP contribution in [0.4, 0.5) is 5.69 Å². The van der Waals surface area contributed by atoms with Crippen LogP contribution in [-0.2, 0) is 11.3 Å². The summed E-state index contributed by atoms with van der Waals surface area (Å²) >= 11 is 0. The minimum absolute atomic E-state index is 0. The van der Waals surface area contributed by atoms with E-state index in [-0.39, 0.29) is 41.7 Å². The Kier molecular flexibility index (Phi) is 7.24. The summed E-state index contributed by atoms with van der Waals surface area (Å²) in [5.41, 5.74) is 7.31. The fraction of sp³-hybridized carbons (Fsp3) is 0.188. The molecule has 111 valence electrons. The molecule has 0 amide bonds. The Balaban J connectivity index is 0.00000242. The number of ether oxygens (including phenoxy) is 3. The largest absolute Gasteiger partial charge is 0.496 e. The van der Waals surface area contributed by atoms with E-state index in [0.29, 0.717) is 17.2 Å². The van der Waals surface area contributed by atoms with E-state index in [1.807, 2.05) is 30.3 Å². The second kappa shape index (κ2) is 8.68. The molecule has 5 nitrogen and oxygen atoms in total. The van der Waals surface area contributed by atoms with Gasteiger partial charge in [-0.05, 0) is 5.56 Å². The predicted octanol–water partition coefficient (Wildman–Crippen LogP) is 2.26. The quantitative estimate of drug-likeness (QED) is 0.521. The number of hydrogen-bond donors (Lipinski definition) is 1. The molecule has 2 aromatic rings. The normalized spacial score (nSPS) is 9.55. The van der Waals surface area contributed by atoms with Gasteiger partial charge in [0.1, 0.15) is 23.7 Å². The second-order valence-corrected chi connectivity index (χ2v) is 4.36. The predicted molar refractivity (Wildman–Crippen MR) is 85.3 cm³/mol. The van der Waals surface area contributed by atoms with Gasteiger partial charge >= 0.3 is 5.97 Å². The molecule has 0 unspecified atom stereocenters. The number of hydrogen-bond acceptors (Lipinski definition) is 5. The van der Waals surface area contributed by atoms with Gasteiger partial charge in [0.25, 0.3) is 0 Å². The van der Waals surface area contributed by atoms with Gasteiger partial charge in [0.2, 0.25) is 0 Å². The average molecular weight is 310 g/mol. The van der Waals surface area contributed by atoms with Crippen molar-refractivity contribution in [1.29, 1.82) is 0 Å². The summed E-state index contributed by atoms with van der Waals surface area (Å²) in [5.74, 6) is 0.127. The molecule has 2 N–H and O–H groups in total. The van der Waals surface area contributed by atoms with Crippen LogP contribution < -0.4 is 15.2 Å². The molecule has 2 aromatic carbocycles. The van der Waals surface area contributed by atoms with E-state index in [9.17, 15) is 4.79 Å². The maximum absolute atomic E-state index is 12.3. The Morgan fingerprint density at radius 1 is 1.05 bits per heavy atom. The Labute approximate surface area is 151 Å². The third-order valence-corrected chi connectivity index (χ3v) is 2.95. The van der Waals surface area contributed by atoms with Crippen LogP contribution in [-0.4, -0.2) is 49.7 Å². The molecule has 0 fully saturated rings.